The molecular formula is C10H17N3O2. The smallest absolute Gasteiger partial charge is 0.239 e. The average molecular weight is 211 g/mol. The summed E-state index contributed by atoms with van der Waals surface area (Å²) in [5.74, 6) is 0.127. The van der Waals surface area contributed by atoms with Gasteiger partial charge >= 0.3 is 0 Å². The number of carbonyl (C=O) groups excluding carboxylic acids is 2. The molecule has 0 saturated carbocycles. The molecule has 2 rings (SSSR count). The van der Waals surface area contributed by atoms with E-state index in [-0.39, 0.29) is 23.9 Å². The van der Waals surface area contributed by atoms with Crippen molar-refractivity contribution in [2.75, 3.05) is 13.1 Å². The predicted molar refractivity (Wildman–Crippen MR) is 55.0 cm³/mol. The Bertz CT molecular complexity index is 270. The quantitative estimate of drug-likeness (QED) is 0.597. The maximum atomic E-state index is 11.8. The Balaban J connectivity index is 1.97. The first-order valence-corrected chi connectivity index (χ1v) is 5.51. The van der Waals surface area contributed by atoms with Crippen LogP contribution in [0.15, 0.2) is 0 Å². The Morgan fingerprint density at radius 1 is 1.33 bits per heavy atom. The lowest BCUT2D eigenvalue weighted by Gasteiger charge is -2.38. The monoisotopic (exact) mass is 211 g/mol. The molecule has 84 valence electrons. The van der Waals surface area contributed by atoms with Crippen molar-refractivity contribution >= 4 is 11.8 Å². The minimum absolute atomic E-state index is 0.0439. The van der Waals surface area contributed by atoms with Gasteiger partial charge in [0, 0.05) is 25.6 Å². The second kappa shape index (κ2) is 4.18. The van der Waals surface area contributed by atoms with Gasteiger partial charge in [0.1, 0.15) is 0 Å². The Kier molecular flexibility index (Phi) is 2.90. The molecule has 0 aliphatic carbocycles. The van der Waals surface area contributed by atoms with Crippen molar-refractivity contribution in [3.63, 3.8) is 0 Å². The van der Waals surface area contributed by atoms with Crippen LogP contribution in [0.4, 0.5) is 0 Å². The van der Waals surface area contributed by atoms with E-state index in [1.807, 2.05) is 4.90 Å². The highest BCUT2D eigenvalue weighted by molar-refractivity contribution is 5.83. The van der Waals surface area contributed by atoms with E-state index < -0.39 is 0 Å². The summed E-state index contributed by atoms with van der Waals surface area (Å²) in [5, 5.41) is 2.79. The zero-order valence-electron chi connectivity index (χ0n) is 8.74. The van der Waals surface area contributed by atoms with Crippen molar-refractivity contribution in [3.8, 4) is 0 Å². The molecule has 0 radical (unpaired) electrons. The van der Waals surface area contributed by atoms with Crippen LogP contribution in [0.5, 0.6) is 0 Å². The van der Waals surface area contributed by atoms with Crippen molar-refractivity contribution < 1.29 is 9.59 Å². The predicted octanol–water partition coefficient (Wildman–Crippen LogP) is -0.785. The van der Waals surface area contributed by atoms with Gasteiger partial charge in [-0.25, -0.2) is 0 Å². The van der Waals surface area contributed by atoms with Gasteiger partial charge in [0.2, 0.25) is 11.8 Å². The number of piperidine rings is 2. The van der Waals surface area contributed by atoms with Crippen molar-refractivity contribution in [1.82, 2.24) is 10.2 Å². The van der Waals surface area contributed by atoms with Crippen LogP contribution in [0.25, 0.3) is 0 Å². The molecule has 5 heteroatoms. The van der Waals surface area contributed by atoms with Gasteiger partial charge < -0.3 is 16.0 Å². The van der Waals surface area contributed by atoms with Crippen molar-refractivity contribution in [3.05, 3.63) is 0 Å². The van der Waals surface area contributed by atoms with Crippen LogP contribution in [0.2, 0.25) is 0 Å². The molecule has 2 aliphatic heterocycles. The fourth-order valence-corrected chi connectivity index (χ4v) is 2.28. The van der Waals surface area contributed by atoms with Crippen LogP contribution < -0.4 is 11.1 Å². The van der Waals surface area contributed by atoms with Crippen molar-refractivity contribution in [1.29, 1.82) is 0 Å². The summed E-state index contributed by atoms with van der Waals surface area (Å²) in [5.41, 5.74) is 5.72. The number of hydrogen-bond acceptors (Lipinski definition) is 3. The Labute approximate surface area is 89.0 Å². The van der Waals surface area contributed by atoms with Crippen LogP contribution >= 0.6 is 0 Å². The number of nitrogens with zero attached hydrogens (tertiary/aromatic N) is 1. The largest absolute Gasteiger partial charge is 0.354 e. The zero-order chi connectivity index (χ0) is 10.8. The maximum Gasteiger partial charge on any atom is 0.239 e. The first-order chi connectivity index (χ1) is 7.18. The summed E-state index contributed by atoms with van der Waals surface area (Å²) < 4.78 is 0. The normalized spacial score (nSPS) is 32.7. The van der Waals surface area contributed by atoms with E-state index in [1.54, 1.807) is 0 Å². The van der Waals surface area contributed by atoms with Crippen LogP contribution in [-0.4, -0.2) is 41.9 Å². The van der Waals surface area contributed by atoms with Gasteiger partial charge in [-0.1, -0.05) is 0 Å². The fourth-order valence-electron chi connectivity index (χ4n) is 2.28. The molecule has 3 N–H and O–H groups in total. The molecule has 2 aliphatic rings. The van der Waals surface area contributed by atoms with E-state index in [4.69, 9.17) is 5.73 Å². The number of nitrogens with one attached hydrogen (secondary N) is 1. The molecule has 0 aromatic heterocycles. The van der Waals surface area contributed by atoms with Crippen LogP contribution in [0, 0.1) is 0 Å². The topological polar surface area (TPSA) is 75.4 Å². The lowest BCUT2D eigenvalue weighted by molar-refractivity contribution is -0.139. The molecule has 15 heavy (non-hydrogen) atoms. The molecule has 2 unspecified atom stereocenters. The third-order valence-electron chi connectivity index (χ3n) is 3.19. The summed E-state index contributed by atoms with van der Waals surface area (Å²) in [6.07, 6.45) is 3.04. The number of carbonyl (C=O) groups is 2. The third kappa shape index (κ3) is 2.12. The molecule has 2 atom stereocenters. The molecule has 2 amide bonds. The van der Waals surface area contributed by atoms with Gasteiger partial charge in [-0.3, -0.25) is 9.59 Å². The number of amides is 2. The minimum atomic E-state index is -0.337. The molecule has 2 heterocycles. The highest BCUT2D eigenvalue weighted by atomic mass is 16.2. The highest BCUT2D eigenvalue weighted by Gasteiger charge is 2.32. The molecule has 0 aromatic rings. The summed E-state index contributed by atoms with van der Waals surface area (Å²) in [7, 11) is 0. The second-order valence-electron chi connectivity index (χ2n) is 4.28. The molecular weight excluding hydrogens is 194 g/mol. The van der Waals surface area contributed by atoms with E-state index in [0.717, 1.165) is 25.8 Å². The SMILES string of the molecule is NC1CCCN(C2CCC(=O)NC2)C1=O. The van der Waals surface area contributed by atoms with Gasteiger partial charge in [0.25, 0.3) is 0 Å². The number of likely N-dealkylation sites (tertiary alicyclic amines) is 1. The third-order valence-corrected chi connectivity index (χ3v) is 3.19. The zero-order valence-corrected chi connectivity index (χ0v) is 8.74. The summed E-state index contributed by atoms with van der Waals surface area (Å²) >= 11 is 0. The molecule has 2 fully saturated rings. The van der Waals surface area contributed by atoms with Gasteiger partial charge in [-0.05, 0) is 19.3 Å². The highest BCUT2D eigenvalue weighted by Crippen LogP contribution is 2.17. The van der Waals surface area contributed by atoms with E-state index in [0.29, 0.717) is 13.0 Å². The van der Waals surface area contributed by atoms with Gasteiger partial charge in [0.15, 0.2) is 0 Å². The molecule has 0 bridgehead atoms. The van der Waals surface area contributed by atoms with E-state index in [2.05, 4.69) is 5.32 Å². The van der Waals surface area contributed by atoms with E-state index in [9.17, 15) is 9.59 Å². The summed E-state index contributed by atoms with van der Waals surface area (Å²) in [6.45, 7) is 1.37. The van der Waals surface area contributed by atoms with Crippen LogP contribution in [0.3, 0.4) is 0 Å². The lowest BCUT2D eigenvalue weighted by Crippen LogP contribution is -2.57. The number of hydrogen-bond donors (Lipinski definition) is 2. The standard InChI is InChI=1S/C10H17N3O2/c11-8-2-1-5-13(10(8)15)7-3-4-9(14)12-6-7/h7-8H,1-6,11H2,(H,12,14). The fraction of sp³-hybridized carbons (Fsp3) is 0.800. The number of rotatable bonds is 1. The maximum absolute atomic E-state index is 11.8. The van der Waals surface area contributed by atoms with E-state index >= 15 is 0 Å². The molecule has 2 saturated heterocycles. The molecule has 5 nitrogen and oxygen atoms in total. The Morgan fingerprint density at radius 3 is 2.80 bits per heavy atom. The minimum Gasteiger partial charge on any atom is -0.354 e. The van der Waals surface area contributed by atoms with Crippen LogP contribution in [-0.2, 0) is 9.59 Å². The lowest BCUT2D eigenvalue weighted by atomic mass is 9.99. The Morgan fingerprint density at radius 2 is 2.13 bits per heavy atom. The molecule has 0 spiro atoms. The number of nitrogens with two attached hydrogens (primary N) is 1. The Hall–Kier alpha value is -1.10. The van der Waals surface area contributed by atoms with Crippen LogP contribution in [0.1, 0.15) is 25.7 Å². The summed E-state index contributed by atoms with van der Waals surface area (Å²) in [6, 6.07) is -0.182. The van der Waals surface area contributed by atoms with Gasteiger partial charge in [0.05, 0.1) is 6.04 Å². The average Bonchev–Trinajstić information content (AvgIpc) is 2.24. The summed E-state index contributed by atoms with van der Waals surface area (Å²) in [4.78, 5) is 24.6. The first kappa shape index (κ1) is 10.4. The van der Waals surface area contributed by atoms with Crippen molar-refractivity contribution in [2.45, 2.75) is 37.8 Å². The van der Waals surface area contributed by atoms with Crippen molar-refractivity contribution in [2.24, 2.45) is 5.73 Å². The van der Waals surface area contributed by atoms with Gasteiger partial charge in [-0.15, -0.1) is 0 Å². The molecule has 0 aromatic carbocycles. The first-order valence-electron chi connectivity index (χ1n) is 5.51. The second-order valence-corrected chi connectivity index (χ2v) is 4.28. The van der Waals surface area contributed by atoms with E-state index in [1.165, 1.54) is 0 Å². The van der Waals surface area contributed by atoms with Gasteiger partial charge in [-0.2, -0.15) is 0 Å².